The van der Waals surface area contributed by atoms with Gasteiger partial charge in [-0.15, -0.1) is 0 Å². The maximum absolute atomic E-state index is 4.72. The van der Waals surface area contributed by atoms with Gasteiger partial charge in [0.2, 0.25) is 0 Å². The number of imidazole rings is 1. The monoisotopic (exact) mass is 302 g/mol. The molecular weight excluding hydrogens is 283 g/mol. The predicted molar refractivity (Wildman–Crippen MR) is 84.7 cm³/mol. The van der Waals surface area contributed by atoms with E-state index in [1.165, 1.54) is 0 Å². The van der Waals surface area contributed by atoms with E-state index < -0.39 is 7.12 Å². The van der Waals surface area contributed by atoms with Gasteiger partial charge in [-0.25, -0.2) is 14.8 Å². The summed E-state index contributed by atoms with van der Waals surface area (Å²) in [5.74, 6) is 0. The smallest absolute Gasteiger partial charge is 0.383 e. The van der Waals surface area contributed by atoms with E-state index >= 15 is 0 Å². The van der Waals surface area contributed by atoms with Gasteiger partial charge in [-0.05, 0) is 45.3 Å². The van der Waals surface area contributed by atoms with Crippen molar-refractivity contribution >= 4 is 19.7 Å². The van der Waals surface area contributed by atoms with Crippen molar-refractivity contribution in [1.29, 1.82) is 0 Å². The van der Waals surface area contributed by atoms with Gasteiger partial charge in [0, 0.05) is 12.4 Å². The van der Waals surface area contributed by atoms with Crippen LogP contribution in [0.25, 0.3) is 0 Å². The Kier molecular flexibility index (Phi) is 3.40. The minimum Gasteiger partial charge on any atom is -0.383 e. The molecule has 3 aromatic rings. The van der Waals surface area contributed by atoms with Crippen molar-refractivity contribution in [3.05, 3.63) is 49.3 Å². The van der Waals surface area contributed by atoms with Crippen LogP contribution in [0.5, 0.6) is 0 Å². The molecule has 0 radical (unpaired) electrons. The van der Waals surface area contributed by atoms with Gasteiger partial charge >= 0.3 is 7.12 Å². The summed E-state index contributed by atoms with van der Waals surface area (Å²) < 4.78 is 8.12. The summed E-state index contributed by atoms with van der Waals surface area (Å²) in [6.45, 7) is 6.47. The van der Waals surface area contributed by atoms with Crippen molar-refractivity contribution in [1.82, 2.24) is 24.0 Å². The van der Waals surface area contributed by atoms with Gasteiger partial charge in [0.1, 0.15) is 11.7 Å². The lowest BCUT2D eigenvalue weighted by Crippen LogP contribution is -2.61. The van der Waals surface area contributed by atoms with Crippen LogP contribution in [0, 0.1) is 0 Å². The van der Waals surface area contributed by atoms with Crippen LogP contribution in [0.1, 0.15) is 20.8 Å². The highest BCUT2D eigenvalue weighted by Crippen LogP contribution is 2.17. The maximum atomic E-state index is 4.72. The number of nitrogens with zero attached hydrogens (tertiary/aromatic N) is 6. The molecule has 0 saturated carbocycles. The lowest BCUT2D eigenvalue weighted by molar-refractivity contribution is -0.587. The molecule has 0 saturated heterocycles. The number of rotatable bonds is 3. The second kappa shape index (κ2) is 5.11. The number of hydrogen-bond donors (Lipinski definition) is 1. The highest BCUT2D eigenvalue weighted by Gasteiger charge is 2.27. The van der Waals surface area contributed by atoms with E-state index in [0.29, 0.717) is 0 Å². The van der Waals surface area contributed by atoms with Gasteiger partial charge in [-0.1, -0.05) is 12.6 Å². The van der Waals surface area contributed by atoms with E-state index in [2.05, 4.69) is 46.2 Å². The first kappa shape index (κ1) is 14.0. The molecule has 0 amide bonds. The van der Waals surface area contributed by atoms with Crippen molar-refractivity contribution in [2.45, 2.75) is 31.5 Å². The molecule has 0 fully saturated rings. The summed E-state index contributed by atoms with van der Waals surface area (Å²) in [6.07, 6.45) is 11.6. The number of thiol groups is 1. The third-order valence-corrected chi connectivity index (χ3v) is 4.07. The summed E-state index contributed by atoms with van der Waals surface area (Å²) >= 11 is 4.72. The van der Waals surface area contributed by atoms with E-state index in [1.807, 2.05) is 39.9 Å². The Balaban J connectivity index is 2.13. The van der Waals surface area contributed by atoms with Crippen LogP contribution in [0.2, 0.25) is 0 Å². The van der Waals surface area contributed by atoms with Crippen molar-refractivity contribution < 1.29 is 4.48 Å². The van der Waals surface area contributed by atoms with Crippen LogP contribution in [0.3, 0.4) is 0 Å². The SMILES string of the molecule is CC(C)(C)n1cc[n+]([BH-](n2cccn2)n2cccn2)c1S. The average Bonchev–Trinajstić information content (AvgIpc) is 3.13. The van der Waals surface area contributed by atoms with Crippen LogP contribution in [0.15, 0.2) is 54.5 Å². The first-order chi connectivity index (χ1) is 9.98. The summed E-state index contributed by atoms with van der Waals surface area (Å²) in [4.78, 5) is 0. The Morgan fingerprint density at radius 1 is 1.05 bits per heavy atom. The molecule has 0 bridgehead atoms. The Hall–Kier alpha value is -1.96. The third-order valence-electron chi connectivity index (χ3n) is 3.59. The first-order valence-electron chi connectivity index (χ1n) is 6.96. The second-order valence-electron chi connectivity index (χ2n) is 6.12. The fraction of sp³-hybridized carbons (Fsp3) is 0.308. The Bertz CT molecular complexity index is 676. The van der Waals surface area contributed by atoms with Crippen molar-refractivity contribution in [2.75, 3.05) is 0 Å². The summed E-state index contributed by atoms with van der Waals surface area (Å²) in [5.41, 5.74) is -0.0272. The average molecular weight is 302 g/mol. The summed E-state index contributed by atoms with van der Waals surface area (Å²) in [5, 5.41) is 9.66. The quantitative estimate of drug-likeness (QED) is 0.576. The zero-order valence-electron chi connectivity index (χ0n) is 12.5. The Morgan fingerprint density at radius 2 is 1.62 bits per heavy atom. The van der Waals surface area contributed by atoms with E-state index in [1.54, 1.807) is 12.4 Å². The van der Waals surface area contributed by atoms with Gasteiger partial charge in [-0.2, -0.15) is 0 Å². The molecule has 3 rings (SSSR count). The normalized spacial score (nSPS) is 12.2. The molecule has 3 heterocycles. The Morgan fingerprint density at radius 3 is 2.00 bits per heavy atom. The van der Waals surface area contributed by atoms with Crippen molar-refractivity contribution in [3.63, 3.8) is 0 Å². The van der Waals surface area contributed by atoms with Gasteiger partial charge in [-0.3, -0.25) is 0 Å². The van der Waals surface area contributed by atoms with Gasteiger partial charge < -0.3 is 13.7 Å². The number of aromatic nitrogens is 6. The minimum atomic E-state index is -1.21. The van der Waals surface area contributed by atoms with Crippen LogP contribution in [-0.2, 0) is 5.54 Å². The lowest BCUT2D eigenvalue weighted by atomic mass is 9.94. The molecule has 110 valence electrons. The molecule has 0 atom stereocenters. The molecule has 8 heteroatoms. The minimum absolute atomic E-state index is 0.0272. The fourth-order valence-corrected chi connectivity index (χ4v) is 3.12. The molecule has 0 spiro atoms. The standard InChI is InChI=1S/C13H19BN6S/c1-13(2,3)17-10-11-18(12(17)21)14(19-8-4-6-15-19)20-9-5-7-16-20/h4-11,14,21H,1-3H3. The highest BCUT2D eigenvalue weighted by molar-refractivity contribution is 7.80. The van der Waals surface area contributed by atoms with E-state index in [9.17, 15) is 0 Å². The first-order valence-corrected chi connectivity index (χ1v) is 7.41. The van der Waals surface area contributed by atoms with E-state index in [4.69, 9.17) is 12.6 Å². The molecule has 0 aromatic carbocycles. The van der Waals surface area contributed by atoms with Crippen LogP contribution in [0.4, 0.5) is 0 Å². The van der Waals surface area contributed by atoms with Crippen molar-refractivity contribution in [2.24, 2.45) is 0 Å². The predicted octanol–water partition coefficient (Wildman–Crippen LogP) is 0.874. The Labute approximate surface area is 129 Å². The molecule has 0 aliphatic rings. The molecule has 21 heavy (non-hydrogen) atoms. The maximum Gasteiger partial charge on any atom is 0.411 e. The molecule has 0 aliphatic heterocycles. The van der Waals surface area contributed by atoms with Crippen molar-refractivity contribution in [3.8, 4) is 0 Å². The van der Waals surface area contributed by atoms with Gasteiger partial charge in [0.25, 0.3) is 5.16 Å². The zero-order valence-corrected chi connectivity index (χ0v) is 13.4. The molecular formula is C13H19BN6S. The highest BCUT2D eigenvalue weighted by atomic mass is 32.1. The summed E-state index contributed by atoms with van der Waals surface area (Å²) in [6, 6.07) is 3.84. The number of hydrogen-bond acceptors (Lipinski definition) is 3. The van der Waals surface area contributed by atoms with Gasteiger partial charge in [0.15, 0.2) is 0 Å². The van der Waals surface area contributed by atoms with Crippen LogP contribution >= 0.6 is 12.6 Å². The van der Waals surface area contributed by atoms with E-state index in [0.717, 1.165) is 5.16 Å². The molecule has 0 unspecified atom stereocenters. The van der Waals surface area contributed by atoms with Crippen LogP contribution in [-0.4, -0.2) is 31.1 Å². The topological polar surface area (TPSA) is 44.5 Å². The molecule has 3 aromatic heterocycles. The molecule has 0 N–H and O–H groups in total. The third kappa shape index (κ3) is 2.51. The van der Waals surface area contributed by atoms with E-state index in [-0.39, 0.29) is 5.54 Å². The largest absolute Gasteiger partial charge is 0.411 e. The summed E-state index contributed by atoms with van der Waals surface area (Å²) in [7, 11) is -1.21. The molecule has 0 aliphatic carbocycles. The fourth-order valence-electron chi connectivity index (χ4n) is 2.56. The lowest BCUT2D eigenvalue weighted by Gasteiger charge is -2.24. The van der Waals surface area contributed by atoms with Gasteiger partial charge in [0.05, 0.1) is 6.20 Å². The molecule has 6 nitrogen and oxygen atoms in total. The van der Waals surface area contributed by atoms with Crippen LogP contribution < -0.4 is 4.48 Å². The zero-order chi connectivity index (χ0) is 15.0. The second-order valence-corrected chi connectivity index (χ2v) is 6.52.